The minimum Gasteiger partial charge on any atom is -0.463 e. The Morgan fingerprint density at radius 3 is 2.21 bits per heavy atom. The molecular weight excluding hydrogens is 773 g/mol. The van der Waals surface area contributed by atoms with E-state index in [0.29, 0.717) is 17.8 Å². The van der Waals surface area contributed by atoms with Gasteiger partial charge in [0, 0.05) is 6.42 Å². The third-order valence-corrected chi connectivity index (χ3v) is 17.2. The molecular formula is C55H92O7. The number of hydrogen-bond donors (Lipinski definition) is 3. The van der Waals surface area contributed by atoms with Crippen LogP contribution >= 0.6 is 0 Å². The second kappa shape index (κ2) is 25.2. The smallest absolute Gasteiger partial charge is 0.305 e. The molecule has 7 heteroatoms. The van der Waals surface area contributed by atoms with E-state index in [4.69, 9.17) is 14.2 Å². The van der Waals surface area contributed by atoms with Crippen LogP contribution in [0, 0.1) is 52.3 Å². The molecule has 4 aliphatic carbocycles. The van der Waals surface area contributed by atoms with Crippen molar-refractivity contribution in [3.05, 3.63) is 48.1 Å². The number of allylic oxidation sites excluding steroid dienone is 7. The summed E-state index contributed by atoms with van der Waals surface area (Å²) in [4.78, 5) is 12.6. The van der Waals surface area contributed by atoms with Crippen LogP contribution in [-0.2, 0) is 19.0 Å². The van der Waals surface area contributed by atoms with Gasteiger partial charge in [-0.25, -0.2) is 0 Å². The van der Waals surface area contributed by atoms with Gasteiger partial charge in [0.1, 0.15) is 31.0 Å². The van der Waals surface area contributed by atoms with Crippen molar-refractivity contribution < 1.29 is 34.3 Å². The Morgan fingerprint density at radius 1 is 0.806 bits per heavy atom. The van der Waals surface area contributed by atoms with E-state index in [9.17, 15) is 20.1 Å². The monoisotopic (exact) mass is 865 g/mol. The molecule has 14 atom stereocenters. The van der Waals surface area contributed by atoms with Crippen molar-refractivity contribution in [1.82, 2.24) is 0 Å². The van der Waals surface area contributed by atoms with Gasteiger partial charge in [-0.1, -0.05) is 142 Å². The fourth-order valence-corrected chi connectivity index (χ4v) is 13.3. The van der Waals surface area contributed by atoms with Crippen LogP contribution in [0.15, 0.2) is 48.1 Å². The van der Waals surface area contributed by atoms with Crippen LogP contribution < -0.4 is 0 Å². The van der Waals surface area contributed by atoms with E-state index in [1.54, 1.807) is 0 Å². The third-order valence-electron chi connectivity index (χ3n) is 17.2. The minimum atomic E-state index is -1.45. The molecule has 14 unspecified atom stereocenters. The number of unbranched alkanes of at least 4 members (excludes halogenated alkanes) is 7. The van der Waals surface area contributed by atoms with Crippen molar-refractivity contribution in [3.8, 4) is 0 Å². The summed E-state index contributed by atoms with van der Waals surface area (Å²) in [7, 11) is 0. The van der Waals surface area contributed by atoms with E-state index in [1.165, 1.54) is 76.2 Å². The normalized spacial score (nSPS) is 35.9. The summed E-state index contributed by atoms with van der Waals surface area (Å²) in [6.07, 6.45) is 35.2. The van der Waals surface area contributed by atoms with Crippen LogP contribution in [0.5, 0.6) is 0 Å². The largest absolute Gasteiger partial charge is 0.463 e. The molecule has 0 radical (unpaired) electrons. The first-order valence-electron chi connectivity index (χ1n) is 26.0. The Bertz CT molecular complexity index is 1450. The molecule has 0 amide bonds. The lowest BCUT2D eigenvalue weighted by Crippen LogP contribution is -2.60. The molecule has 5 aliphatic rings. The molecule has 4 fully saturated rings. The van der Waals surface area contributed by atoms with Crippen molar-refractivity contribution in [2.75, 3.05) is 6.61 Å². The Labute approximate surface area is 379 Å². The maximum atomic E-state index is 12.6. The number of aliphatic hydroxyl groups excluding tert-OH is 3. The van der Waals surface area contributed by atoms with Crippen LogP contribution in [0.2, 0.25) is 0 Å². The van der Waals surface area contributed by atoms with Crippen molar-refractivity contribution in [3.63, 3.8) is 0 Å². The van der Waals surface area contributed by atoms with Crippen LogP contribution in [0.25, 0.3) is 0 Å². The zero-order valence-corrected chi connectivity index (χ0v) is 40.5. The molecule has 1 heterocycles. The van der Waals surface area contributed by atoms with Gasteiger partial charge in [0.25, 0.3) is 0 Å². The van der Waals surface area contributed by atoms with E-state index in [2.05, 4.69) is 91.0 Å². The highest BCUT2D eigenvalue weighted by Crippen LogP contribution is 2.67. The number of esters is 1. The molecule has 0 spiro atoms. The van der Waals surface area contributed by atoms with Gasteiger partial charge < -0.3 is 29.5 Å². The van der Waals surface area contributed by atoms with Crippen LogP contribution in [0.4, 0.5) is 0 Å². The second-order valence-electron chi connectivity index (χ2n) is 21.5. The summed E-state index contributed by atoms with van der Waals surface area (Å²) in [5, 5.41) is 32.6. The molecule has 354 valence electrons. The molecule has 1 aliphatic heterocycles. The van der Waals surface area contributed by atoms with Gasteiger partial charge in [0.15, 0.2) is 6.29 Å². The predicted octanol–water partition coefficient (Wildman–Crippen LogP) is 12.8. The van der Waals surface area contributed by atoms with Crippen molar-refractivity contribution in [2.45, 2.75) is 233 Å². The maximum Gasteiger partial charge on any atom is 0.305 e. The lowest BCUT2D eigenvalue weighted by Gasteiger charge is -2.58. The average molecular weight is 865 g/mol. The second-order valence-corrected chi connectivity index (χ2v) is 21.5. The molecule has 0 aromatic carbocycles. The highest BCUT2D eigenvalue weighted by molar-refractivity contribution is 5.69. The van der Waals surface area contributed by atoms with E-state index in [1.807, 2.05) is 0 Å². The zero-order chi connectivity index (χ0) is 44.7. The molecule has 7 nitrogen and oxygen atoms in total. The van der Waals surface area contributed by atoms with Gasteiger partial charge in [-0.3, -0.25) is 4.79 Å². The highest BCUT2D eigenvalue weighted by Gasteiger charge is 2.59. The Morgan fingerprint density at radius 2 is 1.50 bits per heavy atom. The molecule has 62 heavy (non-hydrogen) atoms. The Hall–Kier alpha value is -1.77. The fraction of sp³-hybridized carbons (Fsp3) is 0.836. The zero-order valence-electron chi connectivity index (χ0n) is 40.5. The van der Waals surface area contributed by atoms with Gasteiger partial charge in [0.2, 0.25) is 0 Å². The van der Waals surface area contributed by atoms with Gasteiger partial charge in [-0.15, -0.1) is 0 Å². The number of hydrogen-bond acceptors (Lipinski definition) is 7. The molecule has 3 saturated carbocycles. The topological polar surface area (TPSA) is 105 Å². The van der Waals surface area contributed by atoms with Gasteiger partial charge >= 0.3 is 5.97 Å². The standard InChI is InChI=1S/C55H92O7/c1-8-10-11-12-13-14-15-16-17-18-19-20-21-22-23-24-25-26-49(56)60-38-48-50(57)51(58)52(59)53(62-48)61-43-33-35-54(6)42(37-43)29-30-44-46-32-31-45(55(46,7)36-34-47(44)54)40(5)27-28-41(9-2)39(3)4/h10-11,13-14,16-17,29,39-41,43-48,50-53,57-59H,8-9,12,15,18-28,30-38H2,1-7H3/b11-10-,14-13-,17-16-. The summed E-state index contributed by atoms with van der Waals surface area (Å²) >= 11 is 0. The number of fused-ring (bicyclic) bond motifs is 5. The van der Waals surface area contributed by atoms with Crippen LogP contribution in [0.3, 0.4) is 0 Å². The lowest BCUT2D eigenvalue weighted by atomic mass is 9.47. The number of ether oxygens (including phenoxy) is 3. The van der Waals surface area contributed by atoms with E-state index in [-0.39, 0.29) is 24.1 Å². The van der Waals surface area contributed by atoms with Crippen molar-refractivity contribution in [2.24, 2.45) is 52.3 Å². The maximum absolute atomic E-state index is 12.6. The molecule has 0 aromatic rings. The summed E-state index contributed by atoms with van der Waals surface area (Å²) in [6, 6.07) is 0. The highest BCUT2D eigenvalue weighted by atomic mass is 16.7. The molecule has 1 saturated heterocycles. The first-order valence-corrected chi connectivity index (χ1v) is 26.0. The number of aliphatic hydroxyl groups is 3. The minimum absolute atomic E-state index is 0.146. The number of carbonyl (C=O) groups excluding carboxylic acids is 1. The molecule has 0 bridgehead atoms. The average Bonchev–Trinajstić information content (AvgIpc) is 3.62. The van der Waals surface area contributed by atoms with Gasteiger partial charge in [0.05, 0.1) is 6.10 Å². The SMILES string of the molecule is CC/C=C\C/C=C\C/C=C\CCCCCCCCCC(=O)OCC1OC(OC2CCC3(C)C(=CCC4C3CCC3(C)C(C(C)CCC(CC)C(C)C)CCC43)C2)C(O)C(O)C1O. The van der Waals surface area contributed by atoms with E-state index in [0.717, 1.165) is 106 Å². The first kappa shape index (κ1) is 51.2. The summed E-state index contributed by atoms with van der Waals surface area (Å²) in [6.45, 7) is 16.9. The summed E-state index contributed by atoms with van der Waals surface area (Å²) in [5.74, 6) is 5.20. The first-order chi connectivity index (χ1) is 29.8. The Balaban J connectivity index is 1.00. The quantitative estimate of drug-likeness (QED) is 0.0477. The van der Waals surface area contributed by atoms with Crippen LogP contribution in [-0.4, -0.2) is 64.7 Å². The lowest BCUT2D eigenvalue weighted by molar-refractivity contribution is -0.313. The third kappa shape index (κ3) is 13.4. The number of carbonyl (C=O) groups is 1. The Kier molecular flexibility index (Phi) is 20.8. The molecule has 0 aromatic heterocycles. The molecule has 3 N–H and O–H groups in total. The van der Waals surface area contributed by atoms with E-state index >= 15 is 0 Å². The van der Waals surface area contributed by atoms with Gasteiger partial charge in [-0.2, -0.15) is 0 Å². The number of rotatable bonds is 25. The predicted molar refractivity (Wildman–Crippen MR) is 253 cm³/mol. The fourth-order valence-electron chi connectivity index (χ4n) is 13.3. The van der Waals surface area contributed by atoms with Gasteiger partial charge in [-0.05, 0) is 149 Å². The van der Waals surface area contributed by atoms with Crippen molar-refractivity contribution in [1.29, 1.82) is 0 Å². The van der Waals surface area contributed by atoms with Crippen LogP contribution in [0.1, 0.15) is 196 Å². The summed E-state index contributed by atoms with van der Waals surface area (Å²) < 4.78 is 18.1. The molecule has 5 rings (SSSR count). The van der Waals surface area contributed by atoms with E-state index < -0.39 is 30.7 Å². The van der Waals surface area contributed by atoms with Crippen molar-refractivity contribution >= 4 is 5.97 Å². The summed E-state index contributed by atoms with van der Waals surface area (Å²) in [5.41, 5.74) is 2.11.